The highest BCUT2D eigenvalue weighted by Crippen LogP contribution is 2.33. The van der Waals surface area contributed by atoms with E-state index in [0.29, 0.717) is 22.2 Å². The van der Waals surface area contributed by atoms with Crippen molar-refractivity contribution in [3.63, 3.8) is 0 Å². The maximum absolute atomic E-state index is 12.3. The fourth-order valence-electron chi connectivity index (χ4n) is 1.95. The van der Waals surface area contributed by atoms with Crippen molar-refractivity contribution in [1.29, 1.82) is 0 Å². The van der Waals surface area contributed by atoms with Gasteiger partial charge in [-0.25, -0.2) is 13.1 Å². The summed E-state index contributed by atoms with van der Waals surface area (Å²) in [4.78, 5) is 0.167. The number of sulfonamides is 1. The van der Waals surface area contributed by atoms with Crippen molar-refractivity contribution in [3.05, 3.63) is 22.7 Å². The minimum absolute atomic E-state index is 0.0467. The van der Waals surface area contributed by atoms with Crippen molar-refractivity contribution in [3.8, 4) is 0 Å². The summed E-state index contributed by atoms with van der Waals surface area (Å²) in [6.07, 6.45) is 2.17. The van der Waals surface area contributed by atoms with Crippen LogP contribution in [0.15, 0.2) is 17.0 Å². The Kier molecular flexibility index (Phi) is 3.58. The van der Waals surface area contributed by atoms with Crippen LogP contribution < -0.4 is 10.5 Å². The second-order valence-electron chi connectivity index (χ2n) is 4.87. The Bertz CT molecular complexity index is 568. The monoisotopic (exact) mass is 288 g/mol. The molecule has 1 aliphatic carbocycles. The molecule has 1 unspecified atom stereocenters. The lowest BCUT2D eigenvalue weighted by Crippen LogP contribution is -2.34. The van der Waals surface area contributed by atoms with Crippen LogP contribution in [0.25, 0.3) is 0 Å². The first-order valence-electron chi connectivity index (χ1n) is 5.89. The fourth-order valence-corrected chi connectivity index (χ4v) is 3.86. The fraction of sp³-hybridized carbons (Fsp3) is 0.500. The van der Waals surface area contributed by atoms with Crippen LogP contribution in [0.3, 0.4) is 0 Å². The van der Waals surface area contributed by atoms with Crippen molar-refractivity contribution in [1.82, 2.24) is 4.72 Å². The van der Waals surface area contributed by atoms with E-state index >= 15 is 0 Å². The van der Waals surface area contributed by atoms with Crippen LogP contribution in [-0.4, -0.2) is 14.5 Å². The molecule has 1 aromatic carbocycles. The van der Waals surface area contributed by atoms with Crippen LogP contribution in [0.1, 0.15) is 25.3 Å². The summed E-state index contributed by atoms with van der Waals surface area (Å²) in [6.45, 7) is 3.57. The van der Waals surface area contributed by atoms with Gasteiger partial charge >= 0.3 is 0 Å². The minimum atomic E-state index is -3.55. The van der Waals surface area contributed by atoms with Gasteiger partial charge in [0.15, 0.2) is 0 Å². The molecule has 1 aliphatic rings. The molecule has 0 radical (unpaired) electrons. The van der Waals surface area contributed by atoms with Crippen molar-refractivity contribution in [2.24, 2.45) is 5.92 Å². The van der Waals surface area contributed by atoms with Gasteiger partial charge in [0.25, 0.3) is 0 Å². The summed E-state index contributed by atoms with van der Waals surface area (Å²) in [7, 11) is -3.55. The number of hydrogen-bond acceptors (Lipinski definition) is 3. The maximum atomic E-state index is 12.3. The van der Waals surface area contributed by atoms with E-state index in [1.165, 1.54) is 6.07 Å². The third-order valence-corrected chi connectivity index (χ3v) is 5.23. The molecule has 3 N–H and O–H groups in total. The molecule has 100 valence electrons. The van der Waals surface area contributed by atoms with Gasteiger partial charge in [0, 0.05) is 16.8 Å². The largest absolute Gasteiger partial charge is 0.398 e. The summed E-state index contributed by atoms with van der Waals surface area (Å²) >= 11 is 5.87. The van der Waals surface area contributed by atoms with Gasteiger partial charge in [0.05, 0.1) is 4.90 Å². The molecule has 0 aliphatic heterocycles. The molecular weight excluding hydrogens is 272 g/mol. The van der Waals surface area contributed by atoms with Crippen LogP contribution in [0.5, 0.6) is 0 Å². The Hall–Kier alpha value is -0.780. The summed E-state index contributed by atoms with van der Waals surface area (Å²) in [5.74, 6) is 0.455. The smallest absolute Gasteiger partial charge is 0.241 e. The number of hydrogen-bond donors (Lipinski definition) is 2. The van der Waals surface area contributed by atoms with Gasteiger partial charge in [0.1, 0.15) is 0 Å². The Morgan fingerprint density at radius 1 is 1.44 bits per heavy atom. The normalized spacial score (nSPS) is 17.7. The number of nitrogen functional groups attached to an aromatic ring is 1. The highest BCUT2D eigenvalue weighted by atomic mass is 35.5. The molecule has 0 spiro atoms. The zero-order chi connectivity index (χ0) is 13.5. The second-order valence-corrected chi connectivity index (χ2v) is 6.98. The lowest BCUT2D eigenvalue weighted by Gasteiger charge is -2.16. The second kappa shape index (κ2) is 4.72. The Labute approximate surface area is 113 Å². The third-order valence-electron chi connectivity index (χ3n) is 3.32. The maximum Gasteiger partial charge on any atom is 0.241 e. The quantitative estimate of drug-likeness (QED) is 0.835. The molecule has 1 aromatic rings. The Balaban J connectivity index is 2.34. The molecule has 1 saturated carbocycles. The van der Waals surface area contributed by atoms with Crippen LogP contribution >= 0.6 is 11.6 Å². The van der Waals surface area contributed by atoms with Crippen molar-refractivity contribution >= 4 is 27.3 Å². The molecule has 2 rings (SSSR count). The van der Waals surface area contributed by atoms with Crippen molar-refractivity contribution < 1.29 is 8.42 Å². The number of benzene rings is 1. The first-order chi connectivity index (χ1) is 8.31. The number of halogens is 1. The van der Waals surface area contributed by atoms with Crippen LogP contribution in [0.4, 0.5) is 5.69 Å². The number of nitrogens with two attached hydrogens (primary N) is 1. The molecule has 0 aromatic heterocycles. The van der Waals surface area contributed by atoms with E-state index in [1.54, 1.807) is 13.0 Å². The molecule has 1 atom stereocenters. The Morgan fingerprint density at radius 2 is 2.06 bits per heavy atom. The van der Waals surface area contributed by atoms with Crippen molar-refractivity contribution in [2.45, 2.75) is 37.6 Å². The van der Waals surface area contributed by atoms with E-state index in [0.717, 1.165) is 12.8 Å². The number of nitrogens with one attached hydrogen (secondary N) is 1. The molecule has 4 nitrogen and oxygen atoms in total. The summed E-state index contributed by atoms with van der Waals surface area (Å²) in [5, 5.41) is 0.331. The van der Waals surface area contributed by atoms with E-state index in [-0.39, 0.29) is 10.9 Å². The van der Waals surface area contributed by atoms with Crippen LogP contribution in [0.2, 0.25) is 5.02 Å². The summed E-state index contributed by atoms with van der Waals surface area (Å²) in [5.41, 5.74) is 6.67. The first-order valence-corrected chi connectivity index (χ1v) is 7.75. The van der Waals surface area contributed by atoms with Gasteiger partial charge in [-0.05, 0) is 50.3 Å². The lowest BCUT2D eigenvalue weighted by molar-refractivity contribution is 0.537. The van der Waals surface area contributed by atoms with Crippen molar-refractivity contribution in [2.75, 3.05) is 5.73 Å². The van der Waals surface area contributed by atoms with E-state index in [1.807, 2.05) is 6.92 Å². The third kappa shape index (κ3) is 2.79. The van der Waals surface area contributed by atoms with Gasteiger partial charge in [-0.15, -0.1) is 0 Å². The topological polar surface area (TPSA) is 72.2 Å². The molecule has 6 heteroatoms. The van der Waals surface area contributed by atoms with Gasteiger partial charge in [-0.1, -0.05) is 11.6 Å². The number of anilines is 1. The minimum Gasteiger partial charge on any atom is -0.398 e. The average molecular weight is 289 g/mol. The molecule has 0 bridgehead atoms. The van der Waals surface area contributed by atoms with Gasteiger partial charge < -0.3 is 5.73 Å². The predicted molar refractivity (Wildman–Crippen MR) is 73.1 cm³/mol. The summed E-state index contributed by atoms with van der Waals surface area (Å²) in [6, 6.07) is 2.95. The zero-order valence-corrected chi connectivity index (χ0v) is 12.0. The molecular formula is C12H17ClN2O2S. The van der Waals surface area contributed by atoms with Gasteiger partial charge in [0.2, 0.25) is 10.0 Å². The SMILES string of the molecule is Cc1c(N)cc(Cl)cc1S(=O)(=O)NC(C)C1CC1. The first kappa shape index (κ1) is 13.6. The van der Waals surface area contributed by atoms with Gasteiger partial charge in [-0.3, -0.25) is 0 Å². The predicted octanol–water partition coefficient (Wildman–Crippen LogP) is 2.31. The van der Waals surface area contributed by atoms with Crippen LogP contribution in [-0.2, 0) is 10.0 Å². The lowest BCUT2D eigenvalue weighted by atomic mass is 10.2. The highest BCUT2D eigenvalue weighted by molar-refractivity contribution is 7.89. The zero-order valence-electron chi connectivity index (χ0n) is 10.4. The van der Waals surface area contributed by atoms with E-state index < -0.39 is 10.0 Å². The average Bonchev–Trinajstić information content (AvgIpc) is 3.05. The van der Waals surface area contributed by atoms with Gasteiger partial charge in [-0.2, -0.15) is 0 Å². The summed E-state index contributed by atoms with van der Waals surface area (Å²) < 4.78 is 27.2. The number of rotatable bonds is 4. The molecule has 1 fully saturated rings. The van der Waals surface area contributed by atoms with E-state index in [9.17, 15) is 8.42 Å². The van der Waals surface area contributed by atoms with E-state index in [2.05, 4.69) is 4.72 Å². The standard InChI is InChI=1S/C12H17ClN2O2S/c1-7-11(14)5-10(13)6-12(7)18(16,17)15-8(2)9-3-4-9/h5-6,8-9,15H,3-4,14H2,1-2H3. The molecule has 0 amide bonds. The molecule has 18 heavy (non-hydrogen) atoms. The molecule has 0 saturated heterocycles. The van der Waals surface area contributed by atoms with Crippen LogP contribution in [0, 0.1) is 12.8 Å². The van der Waals surface area contributed by atoms with E-state index in [4.69, 9.17) is 17.3 Å². The molecule has 0 heterocycles. The Morgan fingerprint density at radius 3 is 2.61 bits per heavy atom. The highest BCUT2D eigenvalue weighted by Gasteiger charge is 2.31.